The molecule has 5 heteroatoms. The molecule has 0 spiro atoms. The second kappa shape index (κ2) is 6.73. The first-order valence-electron chi connectivity index (χ1n) is 9.25. The molecule has 1 aromatic heterocycles. The van der Waals surface area contributed by atoms with E-state index in [1.807, 2.05) is 0 Å². The number of fused-ring (bicyclic) bond motifs is 3. The van der Waals surface area contributed by atoms with Crippen molar-refractivity contribution in [1.82, 2.24) is 14.5 Å². The van der Waals surface area contributed by atoms with Crippen LogP contribution in [0.4, 0.5) is 5.95 Å². The fourth-order valence-corrected chi connectivity index (χ4v) is 3.75. The maximum absolute atomic E-state index is 5.88. The van der Waals surface area contributed by atoms with Crippen molar-refractivity contribution in [3.63, 3.8) is 0 Å². The number of ether oxygens (including phenoxy) is 1. The maximum Gasteiger partial charge on any atom is 0.208 e. The Morgan fingerprint density at radius 2 is 2.12 bits per heavy atom. The second-order valence-electron chi connectivity index (χ2n) is 7.55. The van der Waals surface area contributed by atoms with Crippen molar-refractivity contribution in [2.24, 2.45) is 5.92 Å². The normalized spacial score (nSPS) is 21.8. The van der Waals surface area contributed by atoms with E-state index < -0.39 is 0 Å². The van der Waals surface area contributed by atoms with Gasteiger partial charge in [-0.05, 0) is 37.3 Å². The van der Waals surface area contributed by atoms with E-state index in [-0.39, 0.29) is 0 Å². The van der Waals surface area contributed by atoms with Gasteiger partial charge in [-0.15, -0.1) is 0 Å². The number of hydrogen-bond acceptors (Lipinski definition) is 4. The van der Waals surface area contributed by atoms with Crippen molar-refractivity contribution in [2.45, 2.75) is 45.9 Å². The SMILES string of the molecule is CC(C)CCN1CN(C[C@@H]2CCCO2)c2nc3ccccc3n2C1. The minimum absolute atomic E-state index is 0.350. The van der Waals surface area contributed by atoms with Crippen LogP contribution >= 0.6 is 0 Å². The maximum atomic E-state index is 5.88. The fraction of sp³-hybridized carbons (Fsp3) is 0.632. The van der Waals surface area contributed by atoms with E-state index in [4.69, 9.17) is 9.72 Å². The Bertz CT molecular complexity index is 690. The first-order chi connectivity index (χ1) is 11.7. The molecule has 3 heterocycles. The third-order valence-corrected chi connectivity index (χ3v) is 5.10. The molecule has 1 saturated heterocycles. The van der Waals surface area contributed by atoms with Gasteiger partial charge in [0.05, 0.1) is 30.5 Å². The summed E-state index contributed by atoms with van der Waals surface area (Å²) >= 11 is 0. The Balaban J connectivity index is 1.62. The van der Waals surface area contributed by atoms with Crippen molar-refractivity contribution < 1.29 is 4.74 Å². The number of imidazole rings is 1. The van der Waals surface area contributed by atoms with Gasteiger partial charge >= 0.3 is 0 Å². The van der Waals surface area contributed by atoms with Crippen LogP contribution in [0.2, 0.25) is 0 Å². The molecule has 2 aromatic rings. The Morgan fingerprint density at radius 1 is 1.25 bits per heavy atom. The van der Waals surface area contributed by atoms with Gasteiger partial charge in [0.1, 0.15) is 0 Å². The summed E-state index contributed by atoms with van der Waals surface area (Å²) < 4.78 is 8.25. The number of benzene rings is 1. The molecule has 24 heavy (non-hydrogen) atoms. The summed E-state index contributed by atoms with van der Waals surface area (Å²) in [6, 6.07) is 8.47. The van der Waals surface area contributed by atoms with Crippen LogP contribution in [0.1, 0.15) is 33.1 Å². The molecular weight excluding hydrogens is 300 g/mol. The van der Waals surface area contributed by atoms with Crippen LogP contribution in [0, 0.1) is 5.92 Å². The molecule has 5 nitrogen and oxygen atoms in total. The minimum Gasteiger partial charge on any atom is -0.376 e. The standard InChI is InChI=1S/C19H28N4O/c1-15(2)9-10-21-13-22(12-16-6-5-11-24-16)19-20-17-7-3-4-8-18(17)23(19)14-21/h3-4,7-8,15-16H,5-6,9-14H2,1-2H3/t16-/m0/s1. The number of para-hydroxylation sites is 2. The van der Waals surface area contributed by atoms with Gasteiger partial charge in [0.15, 0.2) is 0 Å². The highest BCUT2D eigenvalue weighted by Crippen LogP contribution is 2.28. The van der Waals surface area contributed by atoms with Gasteiger partial charge < -0.3 is 9.64 Å². The predicted molar refractivity (Wildman–Crippen MR) is 97.1 cm³/mol. The average molecular weight is 328 g/mol. The van der Waals surface area contributed by atoms with Gasteiger partial charge in [-0.3, -0.25) is 9.47 Å². The zero-order valence-corrected chi connectivity index (χ0v) is 14.8. The fourth-order valence-electron chi connectivity index (χ4n) is 3.75. The van der Waals surface area contributed by atoms with Crippen LogP contribution in [0.3, 0.4) is 0 Å². The monoisotopic (exact) mass is 328 g/mol. The number of aromatic nitrogens is 2. The van der Waals surface area contributed by atoms with E-state index >= 15 is 0 Å². The smallest absolute Gasteiger partial charge is 0.208 e. The number of nitrogens with zero attached hydrogens (tertiary/aromatic N) is 4. The molecule has 0 aliphatic carbocycles. The van der Waals surface area contributed by atoms with Gasteiger partial charge in [-0.1, -0.05) is 26.0 Å². The molecule has 130 valence electrons. The Labute approximate surface area is 144 Å². The van der Waals surface area contributed by atoms with Gasteiger partial charge in [-0.2, -0.15) is 0 Å². The highest BCUT2D eigenvalue weighted by atomic mass is 16.5. The lowest BCUT2D eigenvalue weighted by molar-refractivity contribution is 0.106. The summed E-state index contributed by atoms with van der Waals surface area (Å²) in [5, 5.41) is 0. The third-order valence-electron chi connectivity index (χ3n) is 5.10. The molecule has 2 aliphatic rings. The zero-order valence-electron chi connectivity index (χ0n) is 14.8. The van der Waals surface area contributed by atoms with Crippen LogP contribution in [0.5, 0.6) is 0 Å². The molecule has 0 saturated carbocycles. The van der Waals surface area contributed by atoms with Gasteiger partial charge in [-0.25, -0.2) is 4.98 Å². The number of hydrogen-bond donors (Lipinski definition) is 0. The van der Waals surface area contributed by atoms with E-state index in [9.17, 15) is 0 Å². The first-order valence-corrected chi connectivity index (χ1v) is 9.25. The molecule has 0 bridgehead atoms. The van der Waals surface area contributed by atoms with E-state index in [1.54, 1.807) is 0 Å². The van der Waals surface area contributed by atoms with E-state index in [0.717, 1.165) is 50.4 Å². The van der Waals surface area contributed by atoms with E-state index in [2.05, 4.69) is 52.5 Å². The van der Waals surface area contributed by atoms with Gasteiger partial charge in [0.2, 0.25) is 5.95 Å². The molecule has 0 N–H and O–H groups in total. The van der Waals surface area contributed by atoms with Crippen molar-refractivity contribution in [1.29, 1.82) is 0 Å². The largest absolute Gasteiger partial charge is 0.376 e. The number of rotatable bonds is 5. The van der Waals surface area contributed by atoms with Crippen LogP contribution in [-0.2, 0) is 11.4 Å². The third kappa shape index (κ3) is 3.15. The van der Waals surface area contributed by atoms with Crippen LogP contribution in [0.15, 0.2) is 24.3 Å². The average Bonchev–Trinajstić information content (AvgIpc) is 3.20. The number of anilines is 1. The summed E-state index contributed by atoms with van der Waals surface area (Å²) in [6.07, 6.45) is 3.94. The predicted octanol–water partition coefficient (Wildman–Crippen LogP) is 3.30. The zero-order chi connectivity index (χ0) is 16.5. The molecular formula is C19H28N4O. The van der Waals surface area contributed by atoms with Crippen molar-refractivity contribution in [3.8, 4) is 0 Å². The molecule has 1 aromatic carbocycles. The minimum atomic E-state index is 0.350. The lowest BCUT2D eigenvalue weighted by Crippen LogP contribution is -2.48. The van der Waals surface area contributed by atoms with E-state index in [1.165, 1.54) is 24.8 Å². The summed E-state index contributed by atoms with van der Waals surface area (Å²) in [6.45, 7) is 9.47. The van der Waals surface area contributed by atoms with Crippen molar-refractivity contribution in [2.75, 3.05) is 31.3 Å². The van der Waals surface area contributed by atoms with Crippen LogP contribution in [-0.4, -0.2) is 46.9 Å². The Kier molecular flexibility index (Phi) is 4.46. The summed E-state index contributed by atoms with van der Waals surface area (Å²) in [5.74, 6) is 1.84. The van der Waals surface area contributed by atoms with E-state index in [0.29, 0.717) is 6.10 Å². The van der Waals surface area contributed by atoms with Gasteiger partial charge in [0.25, 0.3) is 0 Å². The first kappa shape index (κ1) is 15.9. The summed E-state index contributed by atoms with van der Waals surface area (Å²) in [4.78, 5) is 9.87. The lowest BCUT2D eigenvalue weighted by atomic mass is 10.1. The molecule has 0 radical (unpaired) electrons. The molecule has 0 unspecified atom stereocenters. The summed E-state index contributed by atoms with van der Waals surface area (Å²) in [5.41, 5.74) is 2.33. The highest BCUT2D eigenvalue weighted by molar-refractivity contribution is 5.79. The van der Waals surface area contributed by atoms with Crippen molar-refractivity contribution in [3.05, 3.63) is 24.3 Å². The molecule has 1 fully saturated rings. The highest BCUT2D eigenvalue weighted by Gasteiger charge is 2.29. The molecule has 4 rings (SSSR count). The Morgan fingerprint density at radius 3 is 2.92 bits per heavy atom. The molecule has 2 aliphatic heterocycles. The van der Waals surface area contributed by atoms with Crippen LogP contribution in [0.25, 0.3) is 11.0 Å². The lowest BCUT2D eigenvalue weighted by Gasteiger charge is -2.38. The molecule has 0 amide bonds. The molecule has 1 atom stereocenters. The topological polar surface area (TPSA) is 33.5 Å². The van der Waals surface area contributed by atoms with Crippen LogP contribution < -0.4 is 4.90 Å². The summed E-state index contributed by atoms with van der Waals surface area (Å²) in [7, 11) is 0. The van der Waals surface area contributed by atoms with Crippen molar-refractivity contribution >= 4 is 17.0 Å². The second-order valence-corrected chi connectivity index (χ2v) is 7.55. The van der Waals surface area contributed by atoms with Gasteiger partial charge in [0, 0.05) is 19.7 Å². The Hall–Kier alpha value is -1.59. The quantitative estimate of drug-likeness (QED) is 0.843.